The van der Waals surface area contributed by atoms with Crippen molar-refractivity contribution in [1.29, 1.82) is 0 Å². The van der Waals surface area contributed by atoms with Gasteiger partial charge in [-0.2, -0.15) is 11.8 Å². The SMILES string of the molecule is CSCCC(=O)Nc1ccc2nc(C(C)C)sc2c1. The second-order valence-electron chi connectivity index (χ2n) is 4.68. The first-order valence-corrected chi connectivity index (χ1v) is 8.50. The van der Waals surface area contributed by atoms with E-state index in [9.17, 15) is 4.79 Å². The van der Waals surface area contributed by atoms with Gasteiger partial charge in [0, 0.05) is 23.8 Å². The molecule has 0 aliphatic carbocycles. The summed E-state index contributed by atoms with van der Waals surface area (Å²) in [5, 5.41) is 4.07. The Kier molecular flexibility index (Phi) is 4.82. The fraction of sp³-hybridized carbons (Fsp3) is 0.429. The molecule has 0 radical (unpaired) electrons. The highest BCUT2D eigenvalue weighted by atomic mass is 32.2. The van der Waals surface area contributed by atoms with E-state index < -0.39 is 0 Å². The minimum absolute atomic E-state index is 0.0716. The summed E-state index contributed by atoms with van der Waals surface area (Å²) < 4.78 is 1.13. The molecule has 3 nitrogen and oxygen atoms in total. The third-order valence-electron chi connectivity index (χ3n) is 2.72. The van der Waals surface area contributed by atoms with Gasteiger partial charge in [-0.15, -0.1) is 11.3 Å². The predicted octanol–water partition coefficient (Wildman–Crippen LogP) is 4.11. The first-order chi connectivity index (χ1) is 9.10. The van der Waals surface area contributed by atoms with E-state index in [1.54, 1.807) is 23.1 Å². The number of carbonyl (C=O) groups excluding carboxylic acids is 1. The Morgan fingerprint density at radius 2 is 2.26 bits per heavy atom. The Balaban J connectivity index is 2.14. The second-order valence-corrected chi connectivity index (χ2v) is 6.73. The molecular weight excluding hydrogens is 276 g/mol. The average Bonchev–Trinajstić information content (AvgIpc) is 2.79. The summed E-state index contributed by atoms with van der Waals surface area (Å²) in [5.41, 5.74) is 1.87. The maximum atomic E-state index is 11.7. The maximum absolute atomic E-state index is 11.7. The molecule has 0 aliphatic rings. The molecule has 1 amide bonds. The summed E-state index contributed by atoms with van der Waals surface area (Å²) in [6, 6.07) is 5.90. The minimum Gasteiger partial charge on any atom is -0.326 e. The molecule has 0 fully saturated rings. The Hall–Kier alpha value is -1.07. The van der Waals surface area contributed by atoms with Gasteiger partial charge in [0.1, 0.15) is 0 Å². The highest BCUT2D eigenvalue weighted by Gasteiger charge is 2.08. The molecule has 0 bridgehead atoms. The van der Waals surface area contributed by atoms with E-state index in [1.807, 2.05) is 24.5 Å². The Morgan fingerprint density at radius 1 is 1.47 bits per heavy atom. The third-order valence-corrected chi connectivity index (χ3v) is 4.65. The van der Waals surface area contributed by atoms with Crippen LogP contribution in [0.2, 0.25) is 0 Å². The maximum Gasteiger partial charge on any atom is 0.225 e. The smallest absolute Gasteiger partial charge is 0.225 e. The topological polar surface area (TPSA) is 42.0 Å². The molecule has 5 heteroatoms. The number of benzene rings is 1. The van der Waals surface area contributed by atoms with Crippen LogP contribution in [0.4, 0.5) is 5.69 Å². The van der Waals surface area contributed by atoms with Crippen molar-refractivity contribution in [3.05, 3.63) is 23.2 Å². The number of thiazole rings is 1. The van der Waals surface area contributed by atoms with E-state index in [1.165, 1.54) is 0 Å². The van der Waals surface area contributed by atoms with Crippen LogP contribution in [0.1, 0.15) is 31.2 Å². The predicted molar refractivity (Wildman–Crippen MR) is 85.3 cm³/mol. The van der Waals surface area contributed by atoms with Crippen molar-refractivity contribution in [1.82, 2.24) is 4.98 Å². The molecule has 1 aromatic heterocycles. The number of carbonyl (C=O) groups is 1. The lowest BCUT2D eigenvalue weighted by atomic mass is 10.2. The van der Waals surface area contributed by atoms with Crippen molar-refractivity contribution >= 4 is 44.9 Å². The number of aromatic nitrogens is 1. The van der Waals surface area contributed by atoms with Crippen LogP contribution in [0.25, 0.3) is 10.2 Å². The highest BCUT2D eigenvalue weighted by Crippen LogP contribution is 2.29. The summed E-state index contributed by atoms with van der Waals surface area (Å²) in [7, 11) is 0. The third kappa shape index (κ3) is 3.70. The molecule has 2 aromatic rings. The number of thioether (sulfide) groups is 1. The summed E-state index contributed by atoms with van der Waals surface area (Å²) >= 11 is 3.38. The number of fused-ring (bicyclic) bond motifs is 1. The molecule has 0 saturated heterocycles. The van der Waals surface area contributed by atoms with Crippen LogP contribution in [0.3, 0.4) is 0 Å². The van der Waals surface area contributed by atoms with Crippen LogP contribution in [0.15, 0.2) is 18.2 Å². The number of rotatable bonds is 5. The summed E-state index contributed by atoms with van der Waals surface area (Å²) in [6.07, 6.45) is 2.56. The Morgan fingerprint density at radius 3 is 2.95 bits per heavy atom. The molecule has 1 aromatic carbocycles. The molecule has 0 unspecified atom stereocenters. The average molecular weight is 294 g/mol. The lowest BCUT2D eigenvalue weighted by molar-refractivity contribution is -0.115. The van der Waals surface area contributed by atoms with Crippen LogP contribution >= 0.6 is 23.1 Å². The lowest BCUT2D eigenvalue weighted by Gasteiger charge is -2.04. The summed E-state index contributed by atoms with van der Waals surface area (Å²) in [5.74, 6) is 1.37. The molecule has 19 heavy (non-hydrogen) atoms. The fourth-order valence-corrected chi connectivity index (χ4v) is 3.08. The fourth-order valence-electron chi connectivity index (χ4n) is 1.69. The zero-order valence-electron chi connectivity index (χ0n) is 11.4. The molecule has 1 N–H and O–H groups in total. The summed E-state index contributed by atoms with van der Waals surface area (Å²) in [4.78, 5) is 16.3. The zero-order valence-corrected chi connectivity index (χ0v) is 13.0. The number of nitrogens with one attached hydrogen (secondary N) is 1. The monoisotopic (exact) mass is 294 g/mol. The standard InChI is InChI=1S/C14H18N2OS2/c1-9(2)14-16-11-5-4-10(8-12(11)19-14)15-13(17)6-7-18-3/h4-5,8-9H,6-7H2,1-3H3,(H,15,17). The number of amides is 1. The van der Waals surface area contributed by atoms with Gasteiger partial charge in [0.25, 0.3) is 0 Å². The van der Waals surface area contributed by atoms with Crippen molar-refractivity contribution in [2.45, 2.75) is 26.2 Å². The molecule has 0 aliphatic heterocycles. The van der Waals surface area contributed by atoms with Crippen LogP contribution < -0.4 is 5.32 Å². The van der Waals surface area contributed by atoms with Gasteiger partial charge in [-0.25, -0.2) is 4.98 Å². The van der Waals surface area contributed by atoms with Gasteiger partial charge in [0.15, 0.2) is 0 Å². The largest absolute Gasteiger partial charge is 0.326 e. The molecule has 1 heterocycles. The molecule has 0 atom stereocenters. The Bertz CT molecular complexity index is 578. The Labute approximate surface area is 121 Å². The summed E-state index contributed by atoms with van der Waals surface area (Å²) in [6.45, 7) is 4.28. The van der Waals surface area contributed by atoms with Gasteiger partial charge < -0.3 is 5.32 Å². The van der Waals surface area contributed by atoms with Crippen LogP contribution in [0.5, 0.6) is 0 Å². The van der Waals surface area contributed by atoms with Crippen LogP contribution in [0, 0.1) is 0 Å². The highest BCUT2D eigenvalue weighted by molar-refractivity contribution is 7.98. The second kappa shape index (κ2) is 6.39. The van der Waals surface area contributed by atoms with Crippen LogP contribution in [-0.4, -0.2) is 22.9 Å². The van der Waals surface area contributed by atoms with E-state index in [2.05, 4.69) is 24.1 Å². The van der Waals surface area contributed by atoms with Gasteiger partial charge in [-0.3, -0.25) is 4.79 Å². The zero-order chi connectivity index (χ0) is 13.8. The molecule has 0 spiro atoms. The van der Waals surface area contributed by atoms with Crippen molar-refractivity contribution < 1.29 is 4.79 Å². The number of hydrogen-bond acceptors (Lipinski definition) is 4. The number of nitrogens with zero attached hydrogens (tertiary/aromatic N) is 1. The van der Waals surface area contributed by atoms with E-state index >= 15 is 0 Å². The van der Waals surface area contributed by atoms with E-state index in [-0.39, 0.29) is 5.91 Å². The van der Waals surface area contributed by atoms with Gasteiger partial charge in [-0.1, -0.05) is 13.8 Å². The van der Waals surface area contributed by atoms with Gasteiger partial charge in [0.2, 0.25) is 5.91 Å². The van der Waals surface area contributed by atoms with E-state index in [4.69, 9.17) is 0 Å². The molecule has 2 rings (SSSR count). The molecular formula is C14H18N2OS2. The van der Waals surface area contributed by atoms with Gasteiger partial charge in [-0.05, 0) is 24.5 Å². The number of hydrogen-bond donors (Lipinski definition) is 1. The first kappa shape index (κ1) is 14.3. The normalized spacial score (nSPS) is 11.2. The lowest BCUT2D eigenvalue weighted by Crippen LogP contribution is -2.11. The van der Waals surface area contributed by atoms with Crippen LogP contribution in [-0.2, 0) is 4.79 Å². The van der Waals surface area contributed by atoms with Crippen molar-refractivity contribution in [3.8, 4) is 0 Å². The van der Waals surface area contributed by atoms with Crippen molar-refractivity contribution in [3.63, 3.8) is 0 Å². The van der Waals surface area contributed by atoms with Crippen molar-refractivity contribution in [2.24, 2.45) is 0 Å². The van der Waals surface area contributed by atoms with Gasteiger partial charge in [0.05, 0.1) is 15.2 Å². The van der Waals surface area contributed by atoms with Crippen molar-refractivity contribution in [2.75, 3.05) is 17.3 Å². The minimum atomic E-state index is 0.0716. The first-order valence-electron chi connectivity index (χ1n) is 6.29. The molecule has 102 valence electrons. The van der Waals surface area contributed by atoms with E-state index in [0.29, 0.717) is 12.3 Å². The van der Waals surface area contributed by atoms with E-state index in [0.717, 1.165) is 26.7 Å². The quantitative estimate of drug-likeness (QED) is 0.902. The number of anilines is 1. The van der Waals surface area contributed by atoms with Gasteiger partial charge >= 0.3 is 0 Å². The molecule has 0 saturated carbocycles.